The Kier molecular flexibility index (Phi) is 2.15. The molecular weight excluding hydrogens is 130 g/mol. The monoisotopic (exact) mass is 139 g/mol. The third-order valence-electron chi connectivity index (χ3n) is 1.40. The van der Waals surface area contributed by atoms with Crippen molar-refractivity contribution in [2.45, 2.75) is 6.42 Å². The van der Waals surface area contributed by atoms with Crippen LogP contribution in [0.2, 0.25) is 0 Å². The van der Waals surface area contributed by atoms with Crippen molar-refractivity contribution in [1.29, 1.82) is 0 Å². The summed E-state index contributed by atoms with van der Waals surface area (Å²) in [4.78, 5) is 14.0. The van der Waals surface area contributed by atoms with Crippen LogP contribution in [0.1, 0.15) is 6.42 Å². The van der Waals surface area contributed by atoms with Gasteiger partial charge in [-0.05, 0) is 6.08 Å². The summed E-state index contributed by atoms with van der Waals surface area (Å²) in [6.45, 7) is 0.662. The summed E-state index contributed by atoms with van der Waals surface area (Å²) in [5, 5.41) is 4.09. The molecule has 10 heavy (non-hydrogen) atoms. The molecule has 0 saturated heterocycles. The summed E-state index contributed by atoms with van der Waals surface area (Å²) >= 11 is 0. The summed E-state index contributed by atoms with van der Waals surface area (Å²) in [6.07, 6.45) is 4.39. The van der Waals surface area contributed by atoms with E-state index in [1.807, 2.05) is 6.08 Å². The predicted octanol–water partition coefficient (Wildman–Crippen LogP) is 0.958. The van der Waals surface area contributed by atoms with E-state index in [1.165, 1.54) is 5.01 Å². The first kappa shape index (κ1) is 6.92. The molecule has 0 spiro atoms. The van der Waals surface area contributed by atoms with Gasteiger partial charge in [0.1, 0.15) is 0 Å². The summed E-state index contributed by atoms with van der Waals surface area (Å²) < 4.78 is 0. The molecular formula is C6H9N3O. The molecule has 0 fully saturated rings. The van der Waals surface area contributed by atoms with Gasteiger partial charge in [0.2, 0.25) is 0 Å². The van der Waals surface area contributed by atoms with Crippen LogP contribution in [0.15, 0.2) is 22.1 Å². The smallest absolute Gasteiger partial charge is 0.0586 e. The molecule has 4 heteroatoms. The molecule has 4 nitrogen and oxygen atoms in total. The highest BCUT2D eigenvalue weighted by atomic mass is 16.3. The Morgan fingerprint density at radius 1 is 1.80 bits per heavy atom. The minimum atomic E-state index is 0.662. The van der Waals surface area contributed by atoms with Gasteiger partial charge in [0.15, 0.2) is 0 Å². The normalized spacial score (nSPS) is 16.3. The van der Waals surface area contributed by atoms with Gasteiger partial charge in [-0.2, -0.15) is 0 Å². The number of hydrogen-bond acceptors (Lipinski definition) is 3. The molecule has 0 unspecified atom stereocenters. The van der Waals surface area contributed by atoms with Gasteiger partial charge < -0.3 is 0 Å². The summed E-state index contributed by atoms with van der Waals surface area (Å²) in [5.74, 6) is 0. The Hall–Kier alpha value is -1.19. The van der Waals surface area contributed by atoms with Crippen molar-refractivity contribution < 1.29 is 0 Å². The van der Waals surface area contributed by atoms with Crippen LogP contribution in [0.4, 0.5) is 0 Å². The second kappa shape index (κ2) is 3.10. The molecule has 0 bridgehead atoms. The van der Waals surface area contributed by atoms with Crippen LogP contribution in [-0.2, 0) is 0 Å². The van der Waals surface area contributed by atoms with Crippen molar-refractivity contribution in [3.8, 4) is 0 Å². The van der Waals surface area contributed by atoms with Crippen molar-refractivity contribution in [1.82, 2.24) is 5.01 Å². The number of hydrogen-bond donors (Lipinski definition) is 0. The fourth-order valence-corrected chi connectivity index (χ4v) is 0.791. The molecule has 1 aliphatic rings. The number of nitrogens with zero attached hydrogens (tertiary/aromatic N) is 3. The van der Waals surface area contributed by atoms with Gasteiger partial charge in [0, 0.05) is 25.4 Å². The van der Waals surface area contributed by atoms with E-state index in [0.717, 1.165) is 5.70 Å². The topological polar surface area (TPSA) is 45.0 Å². The van der Waals surface area contributed by atoms with E-state index in [0.29, 0.717) is 13.0 Å². The van der Waals surface area contributed by atoms with Crippen LogP contribution in [0.5, 0.6) is 0 Å². The van der Waals surface area contributed by atoms with Gasteiger partial charge in [0.05, 0.1) is 11.8 Å². The van der Waals surface area contributed by atoms with E-state index in [2.05, 4.69) is 10.3 Å². The summed E-state index contributed by atoms with van der Waals surface area (Å²) in [6, 6.07) is 0. The third kappa shape index (κ3) is 1.40. The van der Waals surface area contributed by atoms with Crippen molar-refractivity contribution in [2.75, 3.05) is 13.6 Å². The largest absolute Gasteiger partial charge is 0.293 e. The van der Waals surface area contributed by atoms with Crippen LogP contribution in [0.25, 0.3) is 0 Å². The van der Waals surface area contributed by atoms with E-state index in [-0.39, 0.29) is 0 Å². The fourth-order valence-electron chi connectivity index (χ4n) is 0.791. The standard InChI is InChI=1S/C6H9N3O/c1-9(8-10)6-2-4-7-5-3-6/h2,5H,3-4H2,1H3. The number of allylic oxidation sites excluding steroid dienone is 1. The number of aliphatic imine (C=N–C) groups is 1. The maximum atomic E-state index is 9.99. The number of rotatable bonds is 2. The van der Waals surface area contributed by atoms with Crippen LogP contribution in [0, 0.1) is 4.91 Å². The lowest BCUT2D eigenvalue weighted by atomic mass is 10.2. The Bertz CT molecular complexity index is 185. The van der Waals surface area contributed by atoms with Crippen molar-refractivity contribution in [3.05, 3.63) is 16.7 Å². The molecule has 0 amide bonds. The zero-order valence-electron chi connectivity index (χ0n) is 5.82. The first-order valence-corrected chi connectivity index (χ1v) is 3.09. The molecule has 1 aliphatic heterocycles. The second-order valence-corrected chi connectivity index (χ2v) is 2.05. The van der Waals surface area contributed by atoms with Crippen LogP contribution in [-0.4, -0.2) is 24.8 Å². The average Bonchev–Trinajstić information content (AvgIpc) is 2.05. The average molecular weight is 139 g/mol. The Labute approximate surface area is 59.2 Å². The maximum Gasteiger partial charge on any atom is 0.0586 e. The molecule has 0 aromatic heterocycles. The van der Waals surface area contributed by atoms with E-state index in [4.69, 9.17) is 0 Å². The lowest BCUT2D eigenvalue weighted by molar-refractivity contribution is 0.432. The number of dihydropyridines is 1. The molecule has 54 valence electrons. The van der Waals surface area contributed by atoms with Crippen molar-refractivity contribution in [3.63, 3.8) is 0 Å². The van der Waals surface area contributed by atoms with E-state index < -0.39 is 0 Å². The second-order valence-electron chi connectivity index (χ2n) is 2.05. The van der Waals surface area contributed by atoms with Gasteiger partial charge in [-0.25, -0.2) is 5.01 Å². The zero-order chi connectivity index (χ0) is 7.40. The fraction of sp³-hybridized carbons (Fsp3) is 0.500. The van der Waals surface area contributed by atoms with E-state index in [9.17, 15) is 4.91 Å². The number of nitroso groups, excluding NO2 is 1. The zero-order valence-corrected chi connectivity index (χ0v) is 5.82. The van der Waals surface area contributed by atoms with Crippen LogP contribution < -0.4 is 0 Å². The minimum absolute atomic E-state index is 0.662. The Balaban J connectivity index is 2.55. The molecule has 1 rings (SSSR count). The maximum absolute atomic E-state index is 9.99. The highest BCUT2D eigenvalue weighted by molar-refractivity contribution is 5.62. The predicted molar refractivity (Wildman–Crippen MR) is 39.6 cm³/mol. The molecule has 1 heterocycles. The first-order valence-electron chi connectivity index (χ1n) is 3.09. The van der Waals surface area contributed by atoms with Gasteiger partial charge in [-0.3, -0.25) is 4.99 Å². The van der Waals surface area contributed by atoms with Gasteiger partial charge in [-0.1, -0.05) is 0 Å². The minimum Gasteiger partial charge on any atom is -0.293 e. The molecule has 0 N–H and O–H groups in total. The van der Waals surface area contributed by atoms with E-state index >= 15 is 0 Å². The third-order valence-corrected chi connectivity index (χ3v) is 1.40. The molecule has 0 aliphatic carbocycles. The summed E-state index contributed by atoms with van der Waals surface area (Å²) in [5.41, 5.74) is 0.921. The van der Waals surface area contributed by atoms with Gasteiger partial charge in [-0.15, -0.1) is 4.91 Å². The van der Waals surface area contributed by atoms with Crippen molar-refractivity contribution in [2.24, 2.45) is 10.3 Å². The SMILES string of the molecule is CN(N=O)C1=CCN=CC1. The molecule has 0 atom stereocenters. The highest BCUT2D eigenvalue weighted by Gasteiger charge is 2.03. The van der Waals surface area contributed by atoms with Gasteiger partial charge in [0.25, 0.3) is 0 Å². The Morgan fingerprint density at radius 2 is 2.60 bits per heavy atom. The van der Waals surface area contributed by atoms with Crippen molar-refractivity contribution >= 4 is 6.21 Å². The molecule has 0 aromatic carbocycles. The lowest BCUT2D eigenvalue weighted by Crippen LogP contribution is -2.12. The lowest BCUT2D eigenvalue weighted by Gasteiger charge is -2.12. The quantitative estimate of drug-likeness (QED) is 0.422. The van der Waals surface area contributed by atoms with E-state index in [1.54, 1.807) is 13.3 Å². The highest BCUT2D eigenvalue weighted by Crippen LogP contribution is 2.08. The van der Waals surface area contributed by atoms with Gasteiger partial charge >= 0.3 is 0 Å². The van der Waals surface area contributed by atoms with Crippen LogP contribution in [0.3, 0.4) is 0 Å². The molecule has 0 radical (unpaired) electrons. The Morgan fingerprint density at radius 3 is 3.10 bits per heavy atom. The van der Waals surface area contributed by atoms with Crippen LogP contribution >= 0.6 is 0 Å². The molecule has 0 saturated carbocycles. The first-order chi connectivity index (χ1) is 4.84. The summed E-state index contributed by atoms with van der Waals surface area (Å²) in [7, 11) is 1.64. The molecule has 0 aromatic rings.